The summed E-state index contributed by atoms with van der Waals surface area (Å²) in [6, 6.07) is 0. The minimum Gasteiger partial charge on any atom is -0.304 e. The van der Waals surface area contributed by atoms with Crippen LogP contribution in [0.15, 0.2) is 0 Å². The number of hydrogen-bond donors (Lipinski definition) is 1. The summed E-state index contributed by atoms with van der Waals surface area (Å²) in [6.45, 7) is 3.30. The first-order valence-corrected chi connectivity index (χ1v) is 6.80. The third kappa shape index (κ3) is 1.73. The summed E-state index contributed by atoms with van der Waals surface area (Å²) in [7, 11) is 0. The van der Waals surface area contributed by atoms with Crippen molar-refractivity contribution in [3.8, 4) is 0 Å². The standard InChI is InChI=1S/C12H19N3S/c1-2-3-10-13-14-11(16)15(10)8-12(6-7-12)9-4-5-9/h9H,2-8H2,1H3,(H,14,16). The van der Waals surface area contributed by atoms with Crippen LogP contribution in [0.4, 0.5) is 0 Å². The fraction of sp³-hybridized carbons (Fsp3) is 0.833. The number of nitrogens with zero attached hydrogens (tertiary/aromatic N) is 2. The van der Waals surface area contributed by atoms with Crippen molar-refractivity contribution in [3.63, 3.8) is 0 Å². The molecule has 0 spiro atoms. The Balaban J connectivity index is 1.82. The monoisotopic (exact) mass is 237 g/mol. The molecule has 0 unspecified atom stereocenters. The number of aromatic nitrogens is 3. The fourth-order valence-electron chi connectivity index (χ4n) is 2.79. The average molecular weight is 237 g/mol. The Labute approximate surface area is 101 Å². The molecule has 0 aliphatic heterocycles. The van der Waals surface area contributed by atoms with Crippen molar-refractivity contribution in [2.24, 2.45) is 11.3 Å². The summed E-state index contributed by atoms with van der Waals surface area (Å²) in [6.07, 6.45) is 7.85. The minimum absolute atomic E-state index is 0.602. The zero-order valence-electron chi connectivity index (χ0n) is 9.83. The van der Waals surface area contributed by atoms with E-state index in [0.717, 1.165) is 35.9 Å². The van der Waals surface area contributed by atoms with E-state index in [2.05, 4.69) is 21.7 Å². The normalized spacial score (nSPS) is 22.3. The van der Waals surface area contributed by atoms with Crippen LogP contribution in [0.3, 0.4) is 0 Å². The van der Waals surface area contributed by atoms with Gasteiger partial charge in [0.1, 0.15) is 5.82 Å². The molecule has 1 aromatic heterocycles. The van der Waals surface area contributed by atoms with Crippen LogP contribution >= 0.6 is 12.2 Å². The zero-order valence-corrected chi connectivity index (χ0v) is 10.6. The molecular weight excluding hydrogens is 218 g/mol. The van der Waals surface area contributed by atoms with Crippen molar-refractivity contribution < 1.29 is 0 Å². The Hall–Kier alpha value is -0.640. The molecule has 0 saturated heterocycles. The molecule has 2 aliphatic carbocycles. The number of nitrogens with one attached hydrogen (secondary N) is 1. The molecule has 4 heteroatoms. The van der Waals surface area contributed by atoms with E-state index in [-0.39, 0.29) is 0 Å². The van der Waals surface area contributed by atoms with Crippen LogP contribution in [-0.2, 0) is 13.0 Å². The molecular formula is C12H19N3S. The molecule has 3 rings (SSSR count). The number of aryl methyl sites for hydroxylation is 1. The van der Waals surface area contributed by atoms with Crippen molar-refractivity contribution in [2.75, 3.05) is 0 Å². The molecule has 3 nitrogen and oxygen atoms in total. The molecule has 2 aliphatic rings. The van der Waals surface area contributed by atoms with Gasteiger partial charge in [-0.2, -0.15) is 5.10 Å². The van der Waals surface area contributed by atoms with Crippen molar-refractivity contribution in [1.29, 1.82) is 0 Å². The van der Waals surface area contributed by atoms with Crippen molar-refractivity contribution >= 4 is 12.2 Å². The number of H-pyrrole nitrogens is 1. The first-order valence-electron chi connectivity index (χ1n) is 6.39. The highest BCUT2D eigenvalue weighted by Crippen LogP contribution is 2.62. The molecule has 88 valence electrons. The molecule has 0 bridgehead atoms. The van der Waals surface area contributed by atoms with Gasteiger partial charge in [-0.1, -0.05) is 6.92 Å². The Morgan fingerprint density at radius 2 is 2.25 bits per heavy atom. The topological polar surface area (TPSA) is 33.6 Å². The Bertz CT molecular complexity index is 437. The maximum Gasteiger partial charge on any atom is 0.195 e. The highest BCUT2D eigenvalue weighted by Gasteiger charge is 2.53. The summed E-state index contributed by atoms with van der Waals surface area (Å²) >= 11 is 5.33. The van der Waals surface area contributed by atoms with Crippen molar-refractivity contribution in [2.45, 2.75) is 52.0 Å². The van der Waals surface area contributed by atoms with Crippen molar-refractivity contribution in [3.05, 3.63) is 10.6 Å². The third-order valence-corrected chi connectivity index (χ3v) is 4.43. The Morgan fingerprint density at radius 3 is 2.81 bits per heavy atom. The van der Waals surface area contributed by atoms with Gasteiger partial charge in [-0.15, -0.1) is 0 Å². The van der Waals surface area contributed by atoms with E-state index >= 15 is 0 Å². The Kier molecular flexibility index (Phi) is 2.42. The summed E-state index contributed by atoms with van der Waals surface area (Å²) in [5, 5.41) is 7.29. The van der Waals surface area contributed by atoms with Gasteiger partial charge in [-0.3, -0.25) is 5.10 Å². The van der Waals surface area contributed by atoms with E-state index < -0.39 is 0 Å². The van der Waals surface area contributed by atoms with Gasteiger partial charge in [0.05, 0.1) is 0 Å². The second-order valence-corrected chi connectivity index (χ2v) is 5.80. The third-order valence-electron chi connectivity index (χ3n) is 4.12. The molecule has 1 N–H and O–H groups in total. The molecule has 1 aromatic rings. The summed E-state index contributed by atoms with van der Waals surface area (Å²) < 4.78 is 3.07. The SMILES string of the molecule is CCCc1n[nH]c(=S)n1CC1(C2CC2)CC1. The number of hydrogen-bond acceptors (Lipinski definition) is 2. The summed E-state index contributed by atoms with van der Waals surface area (Å²) in [4.78, 5) is 0. The minimum atomic E-state index is 0.602. The molecule has 0 aromatic carbocycles. The van der Waals surface area contributed by atoms with Crippen LogP contribution in [0.2, 0.25) is 0 Å². The van der Waals surface area contributed by atoms with Gasteiger partial charge in [-0.25, -0.2) is 0 Å². The molecule has 1 heterocycles. The van der Waals surface area contributed by atoms with Crippen LogP contribution in [-0.4, -0.2) is 14.8 Å². The van der Waals surface area contributed by atoms with Gasteiger partial charge in [-0.05, 0) is 55.7 Å². The summed E-state index contributed by atoms with van der Waals surface area (Å²) in [5.41, 5.74) is 0.602. The molecule has 0 amide bonds. The maximum absolute atomic E-state index is 5.33. The lowest BCUT2D eigenvalue weighted by molar-refractivity contribution is 0.361. The predicted molar refractivity (Wildman–Crippen MR) is 65.8 cm³/mol. The van der Waals surface area contributed by atoms with Gasteiger partial charge in [0.15, 0.2) is 4.77 Å². The lowest BCUT2D eigenvalue weighted by Gasteiger charge is -2.16. The van der Waals surface area contributed by atoms with Gasteiger partial charge >= 0.3 is 0 Å². The Morgan fingerprint density at radius 1 is 1.50 bits per heavy atom. The van der Waals surface area contributed by atoms with Crippen molar-refractivity contribution in [1.82, 2.24) is 14.8 Å². The molecule has 0 atom stereocenters. The maximum atomic E-state index is 5.33. The second kappa shape index (κ2) is 3.69. The fourth-order valence-corrected chi connectivity index (χ4v) is 3.01. The largest absolute Gasteiger partial charge is 0.304 e. The van der Waals surface area contributed by atoms with Crippen LogP contribution in [0.5, 0.6) is 0 Å². The lowest BCUT2D eigenvalue weighted by Crippen LogP contribution is -2.16. The first kappa shape index (κ1) is 10.5. The molecule has 0 radical (unpaired) electrons. The average Bonchev–Trinajstić information content (AvgIpc) is 3.13. The van der Waals surface area contributed by atoms with Gasteiger partial charge in [0.2, 0.25) is 0 Å². The van der Waals surface area contributed by atoms with E-state index in [4.69, 9.17) is 12.2 Å². The quantitative estimate of drug-likeness (QED) is 0.798. The van der Waals surface area contributed by atoms with E-state index in [1.54, 1.807) is 0 Å². The highest BCUT2D eigenvalue weighted by molar-refractivity contribution is 7.71. The van der Waals surface area contributed by atoms with Crippen LogP contribution in [0.1, 0.15) is 44.9 Å². The van der Waals surface area contributed by atoms with Crippen LogP contribution in [0, 0.1) is 16.1 Å². The van der Waals surface area contributed by atoms with Crippen LogP contribution in [0.25, 0.3) is 0 Å². The predicted octanol–water partition coefficient (Wildman–Crippen LogP) is 3.08. The number of aromatic amines is 1. The smallest absolute Gasteiger partial charge is 0.195 e. The van der Waals surface area contributed by atoms with Gasteiger partial charge in [0.25, 0.3) is 0 Å². The number of rotatable bonds is 5. The second-order valence-electron chi connectivity index (χ2n) is 5.42. The van der Waals surface area contributed by atoms with Gasteiger partial charge in [0, 0.05) is 13.0 Å². The summed E-state index contributed by atoms with van der Waals surface area (Å²) in [5.74, 6) is 2.14. The molecule has 2 saturated carbocycles. The van der Waals surface area contributed by atoms with Gasteiger partial charge < -0.3 is 4.57 Å². The van der Waals surface area contributed by atoms with Crippen LogP contribution < -0.4 is 0 Å². The van der Waals surface area contributed by atoms with E-state index in [1.165, 1.54) is 25.7 Å². The first-order chi connectivity index (χ1) is 7.75. The highest BCUT2D eigenvalue weighted by atomic mass is 32.1. The van der Waals surface area contributed by atoms with E-state index in [0.29, 0.717) is 5.41 Å². The van der Waals surface area contributed by atoms with E-state index in [1.807, 2.05) is 0 Å². The zero-order chi connectivity index (χ0) is 11.2. The lowest BCUT2D eigenvalue weighted by atomic mass is 10.0. The molecule has 2 fully saturated rings. The molecule has 16 heavy (non-hydrogen) atoms. The van der Waals surface area contributed by atoms with E-state index in [9.17, 15) is 0 Å².